The van der Waals surface area contributed by atoms with Crippen molar-refractivity contribution in [3.63, 3.8) is 0 Å². The summed E-state index contributed by atoms with van der Waals surface area (Å²) in [7, 11) is 5.85. The number of aryl methyl sites for hydroxylation is 1. The van der Waals surface area contributed by atoms with E-state index in [4.69, 9.17) is 4.74 Å². The van der Waals surface area contributed by atoms with Crippen LogP contribution in [0, 0.1) is 0 Å². The lowest BCUT2D eigenvalue weighted by molar-refractivity contribution is -0.136. The Morgan fingerprint density at radius 1 is 0.971 bits per heavy atom. The van der Waals surface area contributed by atoms with Gasteiger partial charge in [-0.1, -0.05) is 12.1 Å². The molecule has 0 aromatic heterocycles. The summed E-state index contributed by atoms with van der Waals surface area (Å²) in [6.45, 7) is 5.27. The van der Waals surface area contributed by atoms with Crippen LogP contribution in [0.1, 0.15) is 23.6 Å². The van der Waals surface area contributed by atoms with E-state index < -0.39 is 11.8 Å². The summed E-state index contributed by atoms with van der Waals surface area (Å²) in [5, 5.41) is 5.54. The Hall–Kier alpha value is -3.10. The van der Waals surface area contributed by atoms with Crippen LogP contribution in [-0.2, 0) is 16.0 Å². The largest absolute Gasteiger partial charge is 0.497 e. The number of piperazine rings is 1. The molecule has 2 amide bonds. The minimum absolute atomic E-state index is 0.0176. The lowest BCUT2D eigenvalue weighted by Crippen LogP contribution is -2.49. The van der Waals surface area contributed by atoms with Gasteiger partial charge >= 0.3 is 11.8 Å². The van der Waals surface area contributed by atoms with Crippen LogP contribution >= 0.6 is 0 Å². The zero-order valence-electron chi connectivity index (χ0n) is 20.3. The fraction of sp³-hybridized carbons (Fsp3) is 0.462. The van der Waals surface area contributed by atoms with Gasteiger partial charge in [0, 0.05) is 57.7 Å². The van der Waals surface area contributed by atoms with Gasteiger partial charge < -0.3 is 25.2 Å². The van der Waals surface area contributed by atoms with Gasteiger partial charge in [0.05, 0.1) is 13.2 Å². The van der Waals surface area contributed by atoms with Crippen LogP contribution in [-0.4, -0.2) is 82.1 Å². The van der Waals surface area contributed by atoms with Gasteiger partial charge in [0.1, 0.15) is 5.75 Å². The normalized spacial score (nSPS) is 17.6. The van der Waals surface area contributed by atoms with Crippen molar-refractivity contribution in [2.24, 2.45) is 0 Å². The van der Waals surface area contributed by atoms with Gasteiger partial charge in [-0.2, -0.15) is 0 Å². The highest BCUT2D eigenvalue weighted by Crippen LogP contribution is 2.31. The van der Waals surface area contributed by atoms with E-state index in [0.29, 0.717) is 18.0 Å². The molecule has 2 N–H and O–H groups in total. The molecule has 4 rings (SSSR count). The van der Waals surface area contributed by atoms with Crippen LogP contribution in [0.3, 0.4) is 0 Å². The van der Waals surface area contributed by atoms with Crippen molar-refractivity contribution in [1.29, 1.82) is 0 Å². The molecule has 0 bridgehead atoms. The van der Waals surface area contributed by atoms with Gasteiger partial charge in [0.2, 0.25) is 0 Å². The minimum atomic E-state index is -0.672. The maximum atomic E-state index is 12.6. The van der Waals surface area contributed by atoms with Crippen LogP contribution < -0.4 is 20.3 Å². The molecule has 2 aliphatic heterocycles. The fourth-order valence-corrected chi connectivity index (χ4v) is 4.74. The zero-order chi connectivity index (χ0) is 24.1. The molecular weight excluding hydrogens is 430 g/mol. The molecule has 0 unspecified atom stereocenters. The highest BCUT2D eigenvalue weighted by Gasteiger charge is 2.27. The molecule has 34 heavy (non-hydrogen) atoms. The molecule has 8 nitrogen and oxygen atoms in total. The van der Waals surface area contributed by atoms with Gasteiger partial charge in [0.25, 0.3) is 0 Å². The Morgan fingerprint density at radius 3 is 2.41 bits per heavy atom. The lowest BCUT2D eigenvalue weighted by Gasteiger charge is -2.39. The molecule has 1 atom stereocenters. The average molecular weight is 466 g/mol. The molecule has 0 saturated carbocycles. The predicted molar refractivity (Wildman–Crippen MR) is 134 cm³/mol. The van der Waals surface area contributed by atoms with E-state index in [1.807, 2.05) is 0 Å². The van der Waals surface area contributed by atoms with E-state index in [1.54, 1.807) is 31.4 Å². The number of nitrogens with one attached hydrogen (secondary N) is 2. The minimum Gasteiger partial charge on any atom is -0.497 e. The molecule has 0 radical (unpaired) electrons. The molecule has 1 fully saturated rings. The second kappa shape index (κ2) is 10.9. The highest BCUT2D eigenvalue weighted by atomic mass is 16.5. The summed E-state index contributed by atoms with van der Waals surface area (Å²) in [6.07, 6.45) is 2.22. The summed E-state index contributed by atoms with van der Waals surface area (Å²) >= 11 is 0. The lowest BCUT2D eigenvalue weighted by atomic mass is 9.95. The number of benzene rings is 2. The maximum Gasteiger partial charge on any atom is 0.313 e. The van der Waals surface area contributed by atoms with Crippen molar-refractivity contribution >= 4 is 23.2 Å². The predicted octanol–water partition coefficient (Wildman–Crippen LogP) is 2.12. The van der Waals surface area contributed by atoms with Crippen LogP contribution in [0.25, 0.3) is 0 Å². The third-order valence-electron chi connectivity index (χ3n) is 6.83. The number of hydrogen-bond donors (Lipinski definition) is 2. The monoisotopic (exact) mass is 465 g/mol. The molecular formula is C26H35N5O3. The molecule has 8 heteroatoms. The number of ether oxygens (including phenoxy) is 1. The van der Waals surface area contributed by atoms with Crippen molar-refractivity contribution in [2.45, 2.75) is 18.9 Å². The van der Waals surface area contributed by atoms with E-state index >= 15 is 0 Å². The van der Waals surface area contributed by atoms with E-state index in [-0.39, 0.29) is 6.04 Å². The molecule has 2 aromatic carbocycles. The van der Waals surface area contributed by atoms with Gasteiger partial charge in [-0.05, 0) is 61.3 Å². The number of rotatable bonds is 6. The summed E-state index contributed by atoms with van der Waals surface area (Å²) in [5.74, 6) is -0.615. The number of nitrogens with zero attached hydrogens (tertiary/aromatic N) is 3. The molecule has 1 saturated heterocycles. The molecule has 0 spiro atoms. The first-order valence-corrected chi connectivity index (χ1v) is 11.9. The van der Waals surface area contributed by atoms with E-state index in [2.05, 4.69) is 57.6 Å². The van der Waals surface area contributed by atoms with Crippen molar-refractivity contribution in [3.05, 3.63) is 53.6 Å². The highest BCUT2D eigenvalue weighted by molar-refractivity contribution is 6.39. The van der Waals surface area contributed by atoms with E-state index in [9.17, 15) is 9.59 Å². The number of amides is 2. The molecule has 2 heterocycles. The Kier molecular flexibility index (Phi) is 7.70. The number of methoxy groups -OCH3 is 1. The summed E-state index contributed by atoms with van der Waals surface area (Å²) in [4.78, 5) is 32.2. The first-order chi connectivity index (χ1) is 16.4. The summed E-state index contributed by atoms with van der Waals surface area (Å²) < 4.78 is 5.13. The second-order valence-corrected chi connectivity index (χ2v) is 9.16. The number of hydrogen-bond acceptors (Lipinski definition) is 6. The number of carbonyl (C=O) groups is 2. The summed E-state index contributed by atoms with van der Waals surface area (Å²) in [5.41, 5.74) is 4.38. The smallest absolute Gasteiger partial charge is 0.313 e. The molecule has 2 aromatic rings. The van der Waals surface area contributed by atoms with Gasteiger partial charge in [-0.25, -0.2) is 0 Å². The first-order valence-electron chi connectivity index (χ1n) is 11.9. The van der Waals surface area contributed by atoms with Crippen molar-refractivity contribution in [1.82, 2.24) is 15.1 Å². The van der Waals surface area contributed by atoms with Crippen LogP contribution in [0.2, 0.25) is 0 Å². The average Bonchev–Trinajstić information content (AvgIpc) is 2.85. The Morgan fingerprint density at radius 2 is 1.71 bits per heavy atom. The third kappa shape index (κ3) is 5.69. The SMILES string of the molecule is COc1ccc(NC(=O)C(=O)NC[C@@H](c2ccc3c(c2)CCCN3C)N2CCN(C)CC2)cc1. The van der Waals surface area contributed by atoms with Gasteiger partial charge in [-0.3, -0.25) is 14.5 Å². The third-order valence-corrected chi connectivity index (χ3v) is 6.83. The molecule has 0 aliphatic carbocycles. The van der Waals surface area contributed by atoms with Crippen molar-refractivity contribution < 1.29 is 14.3 Å². The summed E-state index contributed by atoms with van der Waals surface area (Å²) in [6, 6.07) is 13.6. The van der Waals surface area contributed by atoms with Crippen LogP contribution in [0.4, 0.5) is 11.4 Å². The quantitative estimate of drug-likeness (QED) is 0.637. The maximum absolute atomic E-state index is 12.6. The number of anilines is 2. The standard InChI is InChI=1S/C26H35N5O3/c1-29-13-15-31(16-14-29)24(20-6-11-23-19(17-20)5-4-12-30(23)2)18-27-25(32)26(33)28-21-7-9-22(34-3)10-8-21/h6-11,17,24H,4-5,12-16,18H2,1-3H3,(H,27,32)(H,28,33)/t24-/m0/s1. The number of fused-ring (bicyclic) bond motifs is 1. The van der Waals surface area contributed by atoms with E-state index in [0.717, 1.165) is 45.6 Å². The number of likely N-dealkylation sites (N-methyl/N-ethyl adjacent to an activating group) is 1. The Bertz CT molecular complexity index is 1000. The van der Waals surface area contributed by atoms with Crippen molar-refractivity contribution in [2.75, 3.05) is 70.7 Å². The van der Waals surface area contributed by atoms with Crippen LogP contribution in [0.15, 0.2) is 42.5 Å². The van der Waals surface area contributed by atoms with Crippen molar-refractivity contribution in [3.8, 4) is 5.75 Å². The zero-order valence-corrected chi connectivity index (χ0v) is 20.3. The van der Waals surface area contributed by atoms with Crippen LogP contribution in [0.5, 0.6) is 5.75 Å². The molecule has 182 valence electrons. The Balaban J connectivity index is 1.45. The van der Waals surface area contributed by atoms with Gasteiger partial charge in [0.15, 0.2) is 0 Å². The topological polar surface area (TPSA) is 77.1 Å². The van der Waals surface area contributed by atoms with E-state index in [1.165, 1.54) is 16.8 Å². The Labute approximate surface area is 201 Å². The molecule has 2 aliphatic rings. The second-order valence-electron chi connectivity index (χ2n) is 9.16. The fourth-order valence-electron chi connectivity index (χ4n) is 4.74. The first kappa shape index (κ1) is 24.0. The number of carbonyl (C=O) groups excluding carboxylic acids is 2. The van der Waals surface area contributed by atoms with Gasteiger partial charge in [-0.15, -0.1) is 0 Å².